The Labute approximate surface area is 213 Å². The predicted octanol–water partition coefficient (Wildman–Crippen LogP) is 4.14. The molecule has 2 N–H and O–H groups in total. The van der Waals surface area contributed by atoms with Crippen molar-refractivity contribution in [3.63, 3.8) is 0 Å². The normalized spacial score (nSPS) is 15.8. The monoisotopic (exact) mass is 573 g/mol. The zero-order valence-corrected chi connectivity index (χ0v) is 22.0. The highest BCUT2D eigenvalue weighted by Gasteiger charge is 2.25. The van der Waals surface area contributed by atoms with Crippen LogP contribution in [0, 0.1) is 0 Å². The number of benzene rings is 1. The molecular weight excluding hydrogens is 541 g/mol. The number of nitrogens with zero attached hydrogens (tertiary/aromatic N) is 3. The number of methoxy groups -OCH3 is 2. The zero-order valence-electron chi connectivity index (χ0n) is 18.9. The van der Waals surface area contributed by atoms with Crippen LogP contribution >= 0.6 is 35.6 Å². The number of ether oxygens (including phenoxy) is 2. The molecule has 1 atom stereocenters. The van der Waals surface area contributed by atoms with Crippen LogP contribution in [-0.4, -0.2) is 57.4 Å². The Hall–Kier alpha value is -1.94. The van der Waals surface area contributed by atoms with Gasteiger partial charge < -0.3 is 25.0 Å². The SMILES string of the molecule is CCNC(=NCCCc1ccc(OC)c(OC)c1)NC1CCN(c2ncccc2Cl)C1.I. The van der Waals surface area contributed by atoms with Gasteiger partial charge in [-0.25, -0.2) is 4.98 Å². The largest absolute Gasteiger partial charge is 0.493 e. The molecule has 9 heteroatoms. The van der Waals surface area contributed by atoms with Gasteiger partial charge in [0, 0.05) is 38.4 Å². The highest BCUT2D eigenvalue weighted by atomic mass is 127. The van der Waals surface area contributed by atoms with Crippen molar-refractivity contribution < 1.29 is 9.47 Å². The van der Waals surface area contributed by atoms with Crippen LogP contribution in [0.25, 0.3) is 0 Å². The molecule has 1 fully saturated rings. The van der Waals surface area contributed by atoms with E-state index in [0.717, 1.165) is 68.7 Å². The van der Waals surface area contributed by atoms with E-state index in [1.807, 2.05) is 24.3 Å². The van der Waals surface area contributed by atoms with Crippen molar-refractivity contribution in [1.82, 2.24) is 15.6 Å². The van der Waals surface area contributed by atoms with E-state index in [2.05, 4.69) is 33.5 Å². The van der Waals surface area contributed by atoms with Crippen molar-refractivity contribution in [1.29, 1.82) is 0 Å². The van der Waals surface area contributed by atoms with Gasteiger partial charge in [-0.3, -0.25) is 4.99 Å². The lowest BCUT2D eigenvalue weighted by atomic mass is 10.1. The van der Waals surface area contributed by atoms with E-state index in [0.29, 0.717) is 11.1 Å². The maximum absolute atomic E-state index is 6.30. The van der Waals surface area contributed by atoms with Gasteiger partial charge in [-0.1, -0.05) is 17.7 Å². The summed E-state index contributed by atoms with van der Waals surface area (Å²) >= 11 is 6.30. The first kappa shape index (κ1) is 26.3. The maximum Gasteiger partial charge on any atom is 0.191 e. The topological polar surface area (TPSA) is 71.0 Å². The highest BCUT2D eigenvalue weighted by Crippen LogP contribution is 2.28. The van der Waals surface area contributed by atoms with Crippen LogP contribution in [0.3, 0.4) is 0 Å². The minimum absolute atomic E-state index is 0. The number of nitrogens with one attached hydrogen (secondary N) is 2. The number of anilines is 1. The third-order valence-corrected chi connectivity index (χ3v) is 5.55. The number of pyridine rings is 1. The quantitative estimate of drug-likeness (QED) is 0.203. The second kappa shape index (κ2) is 13.6. The molecule has 1 aromatic heterocycles. The zero-order chi connectivity index (χ0) is 22.1. The van der Waals surface area contributed by atoms with Crippen molar-refractivity contribution in [2.24, 2.45) is 4.99 Å². The predicted molar refractivity (Wildman–Crippen MR) is 142 cm³/mol. The first-order valence-corrected chi connectivity index (χ1v) is 11.1. The van der Waals surface area contributed by atoms with Crippen molar-refractivity contribution >= 4 is 47.4 Å². The molecule has 32 heavy (non-hydrogen) atoms. The standard InChI is InChI=1S/C23H32ClN5O2.HI/c1-4-25-23(27-13-5-7-17-9-10-20(30-2)21(15-17)31-3)28-18-11-14-29(16-18)22-19(24)8-6-12-26-22;/h6,8-10,12,15,18H,4-5,7,11,13-14,16H2,1-3H3,(H2,25,27,28);1H. The molecule has 0 bridgehead atoms. The fraction of sp³-hybridized carbons (Fsp3) is 0.478. The van der Waals surface area contributed by atoms with Crippen molar-refractivity contribution in [3.05, 3.63) is 47.1 Å². The molecule has 0 spiro atoms. The van der Waals surface area contributed by atoms with Crippen LogP contribution in [0.5, 0.6) is 11.5 Å². The first-order valence-electron chi connectivity index (χ1n) is 10.8. The Kier molecular flexibility index (Phi) is 11.2. The van der Waals surface area contributed by atoms with Gasteiger partial charge in [-0.2, -0.15) is 0 Å². The van der Waals surface area contributed by atoms with Crippen molar-refractivity contribution in [2.45, 2.75) is 32.2 Å². The van der Waals surface area contributed by atoms with Crippen LogP contribution in [-0.2, 0) is 6.42 Å². The fourth-order valence-electron chi connectivity index (χ4n) is 3.70. The number of guanidine groups is 1. The smallest absolute Gasteiger partial charge is 0.191 e. The molecule has 1 unspecified atom stereocenters. The molecule has 1 aliphatic heterocycles. The summed E-state index contributed by atoms with van der Waals surface area (Å²) in [6, 6.07) is 10.1. The Morgan fingerprint density at radius 3 is 2.78 bits per heavy atom. The van der Waals surface area contributed by atoms with E-state index in [9.17, 15) is 0 Å². The molecule has 2 aromatic rings. The van der Waals surface area contributed by atoms with Crippen molar-refractivity contribution in [3.8, 4) is 11.5 Å². The molecular formula is C23H33ClIN5O2. The van der Waals surface area contributed by atoms with E-state index >= 15 is 0 Å². The maximum atomic E-state index is 6.30. The minimum Gasteiger partial charge on any atom is -0.493 e. The summed E-state index contributed by atoms with van der Waals surface area (Å²) in [5, 5.41) is 7.60. The molecule has 3 rings (SSSR count). The molecule has 0 radical (unpaired) electrons. The molecule has 2 heterocycles. The van der Waals surface area contributed by atoms with Gasteiger partial charge in [-0.05, 0) is 56.0 Å². The lowest BCUT2D eigenvalue weighted by Crippen LogP contribution is -2.44. The van der Waals surface area contributed by atoms with Crippen LogP contribution < -0.4 is 25.0 Å². The molecule has 1 aliphatic rings. The van der Waals surface area contributed by atoms with Gasteiger partial charge in [0.1, 0.15) is 5.82 Å². The molecule has 1 aromatic carbocycles. The van der Waals surface area contributed by atoms with Crippen molar-refractivity contribution in [2.75, 3.05) is 45.3 Å². The number of halogens is 2. The molecule has 0 aliphatic carbocycles. The Balaban J connectivity index is 0.00000363. The lowest BCUT2D eigenvalue weighted by molar-refractivity contribution is 0.354. The average Bonchev–Trinajstić information content (AvgIpc) is 3.25. The molecule has 176 valence electrons. The summed E-state index contributed by atoms with van der Waals surface area (Å²) in [5.41, 5.74) is 1.21. The van der Waals surface area contributed by atoms with Crippen LogP contribution in [0.15, 0.2) is 41.5 Å². The number of rotatable bonds is 9. The Morgan fingerprint density at radius 2 is 2.06 bits per heavy atom. The second-order valence-electron chi connectivity index (χ2n) is 7.44. The number of hydrogen-bond donors (Lipinski definition) is 2. The summed E-state index contributed by atoms with van der Waals surface area (Å²) in [7, 11) is 3.31. The van der Waals surface area contributed by atoms with E-state index in [1.165, 1.54) is 5.56 Å². The molecule has 1 saturated heterocycles. The summed E-state index contributed by atoms with van der Waals surface area (Å²) in [6.45, 7) is 5.42. The summed E-state index contributed by atoms with van der Waals surface area (Å²) < 4.78 is 10.7. The average molecular weight is 574 g/mol. The Bertz CT molecular complexity index is 883. The summed E-state index contributed by atoms with van der Waals surface area (Å²) in [4.78, 5) is 11.4. The van der Waals surface area contributed by atoms with E-state index in [4.69, 9.17) is 26.1 Å². The first-order chi connectivity index (χ1) is 15.1. The molecule has 7 nitrogen and oxygen atoms in total. The Morgan fingerprint density at radius 1 is 1.25 bits per heavy atom. The van der Waals surface area contributed by atoms with Gasteiger partial charge in [0.2, 0.25) is 0 Å². The number of aryl methyl sites for hydroxylation is 1. The van der Waals surface area contributed by atoms with Crippen LogP contribution in [0.1, 0.15) is 25.3 Å². The third-order valence-electron chi connectivity index (χ3n) is 5.25. The van der Waals surface area contributed by atoms with Crippen LogP contribution in [0.4, 0.5) is 5.82 Å². The van der Waals surface area contributed by atoms with E-state index < -0.39 is 0 Å². The third kappa shape index (κ3) is 7.30. The number of aliphatic imine (C=N–C) groups is 1. The highest BCUT2D eigenvalue weighted by molar-refractivity contribution is 14.0. The van der Waals surface area contributed by atoms with Gasteiger partial charge in [0.05, 0.1) is 19.2 Å². The van der Waals surface area contributed by atoms with Crippen LogP contribution in [0.2, 0.25) is 5.02 Å². The molecule has 0 saturated carbocycles. The summed E-state index contributed by atoms with van der Waals surface area (Å²) in [6.07, 6.45) is 4.68. The molecule has 0 amide bonds. The van der Waals surface area contributed by atoms with E-state index in [1.54, 1.807) is 20.4 Å². The number of hydrogen-bond acceptors (Lipinski definition) is 5. The fourth-order valence-corrected chi connectivity index (χ4v) is 3.95. The summed E-state index contributed by atoms with van der Waals surface area (Å²) in [5.74, 6) is 3.22. The second-order valence-corrected chi connectivity index (χ2v) is 7.85. The van der Waals surface area contributed by atoms with Gasteiger partial charge >= 0.3 is 0 Å². The van der Waals surface area contributed by atoms with Gasteiger partial charge in [-0.15, -0.1) is 24.0 Å². The van der Waals surface area contributed by atoms with Gasteiger partial charge in [0.25, 0.3) is 0 Å². The lowest BCUT2D eigenvalue weighted by Gasteiger charge is -2.20. The van der Waals surface area contributed by atoms with E-state index in [-0.39, 0.29) is 24.0 Å². The number of aromatic nitrogens is 1. The van der Waals surface area contributed by atoms with Gasteiger partial charge in [0.15, 0.2) is 17.5 Å². The minimum atomic E-state index is 0.